The van der Waals surface area contributed by atoms with Crippen molar-refractivity contribution in [2.45, 2.75) is 25.4 Å². The fourth-order valence-corrected chi connectivity index (χ4v) is 5.51. The van der Waals surface area contributed by atoms with Crippen LogP contribution in [-0.4, -0.2) is 86.7 Å². The van der Waals surface area contributed by atoms with Crippen molar-refractivity contribution in [3.05, 3.63) is 53.7 Å². The summed E-state index contributed by atoms with van der Waals surface area (Å²) in [6.45, 7) is 7.13. The second-order valence-electron chi connectivity index (χ2n) is 10.3. The van der Waals surface area contributed by atoms with Crippen LogP contribution >= 0.6 is 11.6 Å². The molecule has 9 nitrogen and oxygen atoms in total. The second-order valence-corrected chi connectivity index (χ2v) is 10.7. The highest BCUT2D eigenvalue weighted by Crippen LogP contribution is 2.32. The van der Waals surface area contributed by atoms with Gasteiger partial charge in [0, 0.05) is 62.9 Å². The largest absolute Gasteiger partial charge is 0.379 e. The van der Waals surface area contributed by atoms with Crippen LogP contribution in [0.25, 0.3) is 22.6 Å². The SMILES string of the molecule is CN1CCC(Nc2c(Cl)cnc3nc(-c4ccc(N5CCN(Cc6nccn6C)CC5)cc4)[nH]c23)CC1. The van der Waals surface area contributed by atoms with Gasteiger partial charge in [0.2, 0.25) is 0 Å². The molecule has 37 heavy (non-hydrogen) atoms. The number of piperazine rings is 1. The zero-order valence-corrected chi connectivity index (χ0v) is 22.2. The predicted octanol–water partition coefficient (Wildman–Crippen LogP) is 3.84. The van der Waals surface area contributed by atoms with Crippen LogP contribution < -0.4 is 10.2 Å². The molecular formula is C27H34ClN9. The number of aryl methyl sites for hydroxylation is 1. The topological polar surface area (TPSA) is 81.1 Å². The average molecular weight is 520 g/mol. The van der Waals surface area contributed by atoms with Gasteiger partial charge < -0.3 is 24.7 Å². The highest BCUT2D eigenvalue weighted by atomic mass is 35.5. The zero-order chi connectivity index (χ0) is 25.4. The number of hydrogen-bond acceptors (Lipinski definition) is 7. The number of imidazole rings is 2. The number of aromatic amines is 1. The van der Waals surface area contributed by atoms with Crippen LogP contribution in [0.3, 0.4) is 0 Å². The number of halogens is 1. The van der Waals surface area contributed by atoms with Crippen molar-refractivity contribution < 1.29 is 0 Å². The fourth-order valence-electron chi connectivity index (χ4n) is 5.31. The number of hydrogen-bond donors (Lipinski definition) is 2. The molecule has 0 bridgehead atoms. The number of nitrogens with zero attached hydrogens (tertiary/aromatic N) is 7. The molecule has 194 valence electrons. The van der Waals surface area contributed by atoms with Crippen molar-refractivity contribution in [1.29, 1.82) is 0 Å². The highest BCUT2D eigenvalue weighted by molar-refractivity contribution is 6.34. The number of anilines is 2. The first-order chi connectivity index (χ1) is 18.0. The van der Waals surface area contributed by atoms with E-state index in [2.05, 4.69) is 77.9 Å². The first-order valence-corrected chi connectivity index (χ1v) is 13.4. The lowest BCUT2D eigenvalue weighted by molar-refractivity contribution is 0.242. The third-order valence-electron chi connectivity index (χ3n) is 7.70. The zero-order valence-electron chi connectivity index (χ0n) is 21.5. The van der Waals surface area contributed by atoms with Crippen LogP contribution in [-0.2, 0) is 13.6 Å². The second kappa shape index (κ2) is 10.3. The number of aromatic nitrogens is 5. The maximum atomic E-state index is 6.57. The first kappa shape index (κ1) is 24.2. The number of fused-ring (bicyclic) bond motifs is 1. The van der Waals surface area contributed by atoms with Gasteiger partial charge in [-0.15, -0.1) is 0 Å². The van der Waals surface area contributed by atoms with E-state index in [1.807, 2.05) is 12.4 Å². The summed E-state index contributed by atoms with van der Waals surface area (Å²) in [6.07, 6.45) is 7.76. The van der Waals surface area contributed by atoms with Gasteiger partial charge in [0.15, 0.2) is 5.65 Å². The molecule has 2 saturated heterocycles. The summed E-state index contributed by atoms with van der Waals surface area (Å²) in [6, 6.07) is 9.05. The third kappa shape index (κ3) is 5.16. The fraction of sp³-hybridized carbons (Fsp3) is 0.444. The van der Waals surface area contributed by atoms with Gasteiger partial charge in [0.25, 0.3) is 0 Å². The van der Waals surface area contributed by atoms with Crippen LogP contribution in [0.15, 0.2) is 42.9 Å². The first-order valence-electron chi connectivity index (χ1n) is 13.1. The van der Waals surface area contributed by atoms with Crippen molar-refractivity contribution in [3.63, 3.8) is 0 Å². The molecule has 0 spiro atoms. The van der Waals surface area contributed by atoms with Crippen LogP contribution in [0.1, 0.15) is 18.7 Å². The van der Waals surface area contributed by atoms with Gasteiger partial charge in [-0.3, -0.25) is 4.90 Å². The Morgan fingerprint density at radius 2 is 1.76 bits per heavy atom. The van der Waals surface area contributed by atoms with Crippen LogP contribution in [0.2, 0.25) is 5.02 Å². The number of rotatable bonds is 6. The molecule has 0 radical (unpaired) electrons. The van der Waals surface area contributed by atoms with Crippen molar-refractivity contribution in [2.24, 2.45) is 7.05 Å². The Morgan fingerprint density at radius 3 is 2.46 bits per heavy atom. The summed E-state index contributed by atoms with van der Waals surface area (Å²) in [5.41, 5.74) is 4.73. The van der Waals surface area contributed by atoms with E-state index in [9.17, 15) is 0 Å². The summed E-state index contributed by atoms with van der Waals surface area (Å²) >= 11 is 6.57. The Bertz CT molecular complexity index is 1350. The van der Waals surface area contributed by atoms with E-state index in [0.717, 1.165) is 87.1 Å². The van der Waals surface area contributed by atoms with E-state index in [4.69, 9.17) is 16.6 Å². The van der Waals surface area contributed by atoms with Crippen LogP contribution in [0, 0.1) is 0 Å². The number of piperidine rings is 1. The Balaban J connectivity index is 1.14. The van der Waals surface area contributed by atoms with Crippen LogP contribution in [0.4, 0.5) is 11.4 Å². The van der Waals surface area contributed by atoms with Gasteiger partial charge >= 0.3 is 0 Å². The molecule has 0 aliphatic carbocycles. The van der Waals surface area contributed by atoms with E-state index >= 15 is 0 Å². The summed E-state index contributed by atoms with van der Waals surface area (Å²) in [5, 5.41) is 4.29. The maximum absolute atomic E-state index is 6.57. The smallest absolute Gasteiger partial charge is 0.180 e. The van der Waals surface area contributed by atoms with E-state index in [0.29, 0.717) is 16.7 Å². The van der Waals surface area contributed by atoms with Crippen LogP contribution in [0.5, 0.6) is 0 Å². The van der Waals surface area contributed by atoms with Gasteiger partial charge in [-0.1, -0.05) is 11.6 Å². The molecule has 0 unspecified atom stereocenters. The normalized spacial score (nSPS) is 18.1. The third-order valence-corrected chi connectivity index (χ3v) is 7.99. The minimum Gasteiger partial charge on any atom is -0.379 e. The van der Waals surface area contributed by atoms with E-state index in [1.165, 1.54) is 5.69 Å². The summed E-state index contributed by atoms with van der Waals surface area (Å²) in [5.74, 6) is 1.92. The molecule has 10 heteroatoms. The van der Waals surface area contributed by atoms with Crippen molar-refractivity contribution in [1.82, 2.24) is 34.3 Å². The molecule has 2 aliphatic rings. The highest BCUT2D eigenvalue weighted by Gasteiger charge is 2.21. The van der Waals surface area contributed by atoms with E-state index in [-0.39, 0.29) is 0 Å². The van der Waals surface area contributed by atoms with Gasteiger partial charge in [-0.2, -0.15) is 0 Å². The quantitative estimate of drug-likeness (QED) is 0.400. The van der Waals surface area contributed by atoms with Crippen molar-refractivity contribution >= 4 is 34.1 Å². The molecule has 2 fully saturated rings. The van der Waals surface area contributed by atoms with E-state index < -0.39 is 0 Å². The molecule has 6 rings (SSSR count). The Labute approximate surface area is 222 Å². The van der Waals surface area contributed by atoms with Gasteiger partial charge in [-0.05, 0) is 57.2 Å². The molecule has 3 aromatic heterocycles. The minimum absolute atomic E-state index is 0.398. The number of nitrogens with one attached hydrogen (secondary N) is 2. The summed E-state index contributed by atoms with van der Waals surface area (Å²) in [4.78, 5) is 24.5. The Hall–Kier alpha value is -3.14. The summed E-state index contributed by atoms with van der Waals surface area (Å²) in [7, 11) is 4.23. The molecule has 2 aliphatic heterocycles. The van der Waals surface area contributed by atoms with Gasteiger partial charge in [0.1, 0.15) is 17.2 Å². The lowest BCUT2D eigenvalue weighted by Gasteiger charge is -2.36. The predicted molar refractivity (Wildman–Crippen MR) is 149 cm³/mol. The lowest BCUT2D eigenvalue weighted by Crippen LogP contribution is -2.46. The summed E-state index contributed by atoms with van der Waals surface area (Å²) < 4.78 is 2.10. The van der Waals surface area contributed by atoms with Crippen molar-refractivity contribution in [2.75, 3.05) is 56.5 Å². The molecule has 5 heterocycles. The lowest BCUT2D eigenvalue weighted by atomic mass is 10.1. The number of benzene rings is 1. The molecule has 0 saturated carbocycles. The number of H-pyrrole nitrogens is 1. The molecule has 1 aromatic carbocycles. The monoisotopic (exact) mass is 519 g/mol. The molecule has 0 atom stereocenters. The molecule has 0 amide bonds. The average Bonchev–Trinajstić information content (AvgIpc) is 3.54. The number of likely N-dealkylation sites (tertiary alicyclic amines) is 1. The Morgan fingerprint density at radius 1 is 1.00 bits per heavy atom. The molecule has 2 N–H and O–H groups in total. The van der Waals surface area contributed by atoms with Crippen molar-refractivity contribution in [3.8, 4) is 11.4 Å². The van der Waals surface area contributed by atoms with E-state index in [1.54, 1.807) is 6.20 Å². The standard InChI is InChI=1S/C27H34ClN9/c1-34-10-7-20(8-11-34)31-24-22(28)17-30-27-25(24)32-26(33-27)19-3-5-21(6-4-19)37-15-13-36(14-16-37)18-23-29-9-12-35(23)2/h3-6,9,12,17,20H,7-8,10-11,13-16,18H2,1-2H3,(H2,30,31,32,33). The number of pyridine rings is 1. The molecule has 4 aromatic rings. The molecular weight excluding hydrogens is 486 g/mol. The maximum Gasteiger partial charge on any atom is 0.180 e. The van der Waals surface area contributed by atoms with Gasteiger partial charge in [0.05, 0.1) is 23.5 Å². The van der Waals surface area contributed by atoms with Gasteiger partial charge in [-0.25, -0.2) is 15.0 Å². The Kier molecular flexibility index (Phi) is 6.75. The minimum atomic E-state index is 0.398.